The van der Waals surface area contributed by atoms with Gasteiger partial charge in [-0.1, -0.05) is 0 Å². The van der Waals surface area contributed by atoms with Crippen LogP contribution in [0.4, 0.5) is 0 Å². The van der Waals surface area contributed by atoms with E-state index in [0.717, 1.165) is 6.21 Å². The quantitative estimate of drug-likeness (QED) is 0.389. The summed E-state index contributed by atoms with van der Waals surface area (Å²) in [6.45, 7) is 0. The zero-order valence-corrected chi connectivity index (χ0v) is 11.6. The zero-order chi connectivity index (χ0) is 16.1. The number of hydrazone groups is 1. The molecule has 114 valence electrons. The van der Waals surface area contributed by atoms with Crippen LogP contribution < -0.4 is 10.2 Å². The van der Waals surface area contributed by atoms with Crippen LogP contribution in [0.5, 0.6) is 23.0 Å². The molecule has 0 bridgehead atoms. The number of aromatic hydroxyl groups is 3. The second-order valence-electron chi connectivity index (χ2n) is 4.30. The van der Waals surface area contributed by atoms with Gasteiger partial charge < -0.3 is 20.1 Å². The number of methoxy groups -OCH3 is 1. The second-order valence-corrected chi connectivity index (χ2v) is 4.30. The van der Waals surface area contributed by atoms with Gasteiger partial charge >= 0.3 is 0 Å². The molecular weight excluding hydrogens is 288 g/mol. The van der Waals surface area contributed by atoms with E-state index in [9.17, 15) is 20.1 Å². The van der Waals surface area contributed by atoms with Crippen LogP contribution in [0.2, 0.25) is 0 Å². The normalized spacial score (nSPS) is 10.6. The van der Waals surface area contributed by atoms with Crippen LogP contribution in [-0.4, -0.2) is 34.6 Å². The van der Waals surface area contributed by atoms with Crippen LogP contribution >= 0.6 is 0 Å². The maximum absolute atomic E-state index is 11.8. The van der Waals surface area contributed by atoms with E-state index in [1.165, 1.54) is 19.2 Å². The molecular formula is C15H14N2O5. The van der Waals surface area contributed by atoms with E-state index in [1.807, 2.05) is 0 Å². The minimum atomic E-state index is -0.648. The van der Waals surface area contributed by atoms with E-state index in [1.54, 1.807) is 24.3 Å². The molecule has 4 N–H and O–H groups in total. The number of nitrogens with zero attached hydrogens (tertiary/aromatic N) is 1. The predicted molar refractivity (Wildman–Crippen MR) is 79.5 cm³/mol. The summed E-state index contributed by atoms with van der Waals surface area (Å²) in [6, 6.07) is 8.97. The summed E-state index contributed by atoms with van der Waals surface area (Å²) < 4.78 is 4.99. The Labute approximate surface area is 126 Å². The summed E-state index contributed by atoms with van der Waals surface area (Å²) in [7, 11) is 1.53. The van der Waals surface area contributed by atoms with E-state index in [4.69, 9.17) is 4.74 Å². The van der Waals surface area contributed by atoms with Gasteiger partial charge in [-0.15, -0.1) is 0 Å². The summed E-state index contributed by atoms with van der Waals surface area (Å²) in [4.78, 5) is 11.8. The summed E-state index contributed by atoms with van der Waals surface area (Å²) in [6.07, 6.45) is 1.15. The number of benzene rings is 2. The molecule has 22 heavy (non-hydrogen) atoms. The van der Waals surface area contributed by atoms with E-state index < -0.39 is 23.2 Å². The van der Waals surface area contributed by atoms with Crippen LogP contribution in [-0.2, 0) is 0 Å². The van der Waals surface area contributed by atoms with Crippen molar-refractivity contribution in [1.82, 2.24) is 5.43 Å². The average Bonchev–Trinajstić information content (AvgIpc) is 2.54. The Kier molecular flexibility index (Phi) is 4.47. The van der Waals surface area contributed by atoms with Gasteiger partial charge in [0.2, 0.25) is 5.75 Å². The second kappa shape index (κ2) is 6.49. The summed E-state index contributed by atoms with van der Waals surface area (Å²) in [5.41, 5.74) is 2.81. The molecule has 0 atom stereocenters. The predicted octanol–water partition coefficient (Wildman–Crippen LogP) is 1.58. The van der Waals surface area contributed by atoms with Crippen molar-refractivity contribution in [2.45, 2.75) is 0 Å². The lowest BCUT2D eigenvalue weighted by atomic mass is 10.2. The molecule has 0 fully saturated rings. The van der Waals surface area contributed by atoms with Crippen molar-refractivity contribution < 1.29 is 24.9 Å². The Balaban J connectivity index is 2.05. The van der Waals surface area contributed by atoms with Gasteiger partial charge in [0.05, 0.1) is 13.3 Å². The molecule has 0 aromatic heterocycles. The van der Waals surface area contributed by atoms with Gasteiger partial charge in [-0.2, -0.15) is 5.10 Å². The van der Waals surface area contributed by atoms with Crippen molar-refractivity contribution in [2.24, 2.45) is 5.10 Å². The fraction of sp³-hybridized carbons (Fsp3) is 0.0667. The van der Waals surface area contributed by atoms with E-state index in [-0.39, 0.29) is 5.56 Å². The number of phenols is 3. The topological polar surface area (TPSA) is 111 Å². The Morgan fingerprint density at radius 1 is 1.09 bits per heavy atom. The molecule has 0 saturated heterocycles. The highest BCUT2D eigenvalue weighted by Gasteiger charge is 2.09. The molecule has 1 amide bonds. The fourth-order valence-corrected chi connectivity index (χ4v) is 1.66. The Morgan fingerprint density at radius 3 is 2.41 bits per heavy atom. The number of phenolic OH excluding ortho intramolecular Hbond substituents is 3. The average molecular weight is 302 g/mol. The van der Waals surface area contributed by atoms with Gasteiger partial charge in [0.15, 0.2) is 11.5 Å². The number of ether oxygens (including phenoxy) is 1. The molecule has 2 aromatic carbocycles. The lowest BCUT2D eigenvalue weighted by Gasteiger charge is -2.04. The van der Waals surface area contributed by atoms with Gasteiger partial charge in [0.1, 0.15) is 5.75 Å². The highest BCUT2D eigenvalue weighted by molar-refractivity contribution is 5.95. The molecule has 0 saturated carbocycles. The van der Waals surface area contributed by atoms with Crippen LogP contribution in [0.3, 0.4) is 0 Å². The van der Waals surface area contributed by atoms with Crippen LogP contribution in [0, 0.1) is 0 Å². The number of rotatable bonds is 4. The molecule has 0 aliphatic heterocycles. The minimum absolute atomic E-state index is 0.144. The van der Waals surface area contributed by atoms with Crippen LogP contribution in [0.15, 0.2) is 41.5 Å². The number of nitrogens with one attached hydrogen (secondary N) is 1. The van der Waals surface area contributed by atoms with E-state index in [0.29, 0.717) is 11.3 Å². The first-order chi connectivity index (χ1) is 10.5. The third-order valence-corrected chi connectivity index (χ3v) is 2.88. The first-order valence-electron chi connectivity index (χ1n) is 6.24. The van der Waals surface area contributed by atoms with Gasteiger partial charge in [0.25, 0.3) is 5.91 Å². The smallest absolute Gasteiger partial charge is 0.271 e. The molecule has 7 heteroatoms. The van der Waals surface area contributed by atoms with Crippen molar-refractivity contribution in [3.63, 3.8) is 0 Å². The van der Waals surface area contributed by atoms with Crippen molar-refractivity contribution in [3.8, 4) is 23.0 Å². The zero-order valence-electron chi connectivity index (χ0n) is 11.6. The lowest BCUT2D eigenvalue weighted by molar-refractivity contribution is 0.0955. The molecule has 7 nitrogen and oxygen atoms in total. The van der Waals surface area contributed by atoms with Crippen LogP contribution in [0.25, 0.3) is 0 Å². The largest absolute Gasteiger partial charge is 0.504 e. The minimum Gasteiger partial charge on any atom is -0.504 e. The maximum atomic E-state index is 11.8. The third-order valence-electron chi connectivity index (χ3n) is 2.88. The number of carbonyl (C=O) groups excluding carboxylic acids is 1. The molecule has 2 aromatic rings. The molecule has 0 aliphatic carbocycles. The fourth-order valence-electron chi connectivity index (χ4n) is 1.66. The van der Waals surface area contributed by atoms with Crippen molar-refractivity contribution >= 4 is 12.1 Å². The Morgan fingerprint density at radius 2 is 1.77 bits per heavy atom. The molecule has 2 rings (SSSR count). The van der Waals surface area contributed by atoms with Gasteiger partial charge in [-0.25, -0.2) is 5.43 Å². The molecule has 0 radical (unpaired) electrons. The van der Waals surface area contributed by atoms with Crippen LogP contribution in [0.1, 0.15) is 15.9 Å². The number of carbonyl (C=O) groups is 1. The third kappa shape index (κ3) is 3.26. The van der Waals surface area contributed by atoms with Crippen molar-refractivity contribution in [1.29, 1.82) is 0 Å². The van der Waals surface area contributed by atoms with Gasteiger partial charge in [0, 0.05) is 11.1 Å². The molecule has 0 unspecified atom stereocenters. The maximum Gasteiger partial charge on any atom is 0.271 e. The molecule has 0 spiro atoms. The van der Waals surface area contributed by atoms with E-state index in [2.05, 4.69) is 10.5 Å². The van der Waals surface area contributed by atoms with Crippen molar-refractivity contribution in [3.05, 3.63) is 47.5 Å². The van der Waals surface area contributed by atoms with Crippen molar-refractivity contribution in [2.75, 3.05) is 7.11 Å². The molecule has 0 heterocycles. The monoisotopic (exact) mass is 302 g/mol. The summed E-state index contributed by atoms with van der Waals surface area (Å²) in [5, 5.41) is 31.8. The summed E-state index contributed by atoms with van der Waals surface area (Å²) in [5.74, 6) is -1.43. The first-order valence-corrected chi connectivity index (χ1v) is 6.24. The number of hydrogen-bond acceptors (Lipinski definition) is 6. The number of amides is 1. The first kappa shape index (κ1) is 15.2. The SMILES string of the molecule is COc1ccc(C(=O)N/N=C/c2ccc(O)c(O)c2O)cc1. The standard InChI is InChI=1S/C15H14N2O5/c1-22-11-5-2-9(3-6-11)15(21)17-16-8-10-4-7-12(18)14(20)13(10)19/h2-8,18-20H,1H3,(H,17,21)/b16-8+. The highest BCUT2D eigenvalue weighted by Crippen LogP contribution is 2.36. The van der Waals surface area contributed by atoms with E-state index >= 15 is 0 Å². The highest BCUT2D eigenvalue weighted by atomic mass is 16.5. The Hall–Kier alpha value is -3.22. The van der Waals surface area contributed by atoms with Gasteiger partial charge in [-0.05, 0) is 36.4 Å². The Bertz CT molecular complexity index is 711. The van der Waals surface area contributed by atoms with Gasteiger partial charge in [-0.3, -0.25) is 4.79 Å². The number of hydrogen-bond donors (Lipinski definition) is 4. The lowest BCUT2D eigenvalue weighted by Crippen LogP contribution is -2.17. The summed E-state index contributed by atoms with van der Waals surface area (Å²) >= 11 is 0. The molecule has 0 aliphatic rings.